The fourth-order valence-electron chi connectivity index (χ4n) is 15.8. The zero-order valence-electron chi connectivity index (χ0n) is 48.9. The first kappa shape index (κ1) is 49.6. The van der Waals surface area contributed by atoms with E-state index in [1.54, 1.807) is 0 Å². The van der Waals surface area contributed by atoms with E-state index in [2.05, 4.69) is 259 Å². The highest BCUT2D eigenvalue weighted by Crippen LogP contribution is 2.67. The standard InChI is InChI=1S/C72H82BN3/c1-65(2,3)47-28-31-58(52(38-47)45-24-18-17-19-25-45)74-60-33-30-49(67(7,8)9)41-56(60)73-57-42-50(68(10,11)12)40-55-64(57)76(72(16)53-27-21-20-26-46(53)34-37-70(55,72)14)62-44-51(43-61(74)63(62)73)75-59-32-29-48(66(4,5)6)39-54(59)69(13)35-22-23-36-71(69,75)15/h17-21,24-33,38-44H,22-23,34-37H2,1-16H3. The van der Waals surface area contributed by atoms with Crippen LogP contribution in [0, 0.1) is 0 Å². The van der Waals surface area contributed by atoms with Crippen LogP contribution in [0.4, 0.5) is 39.8 Å². The molecule has 7 aromatic rings. The summed E-state index contributed by atoms with van der Waals surface area (Å²) in [5.41, 5.74) is 26.9. The molecule has 7 aromatic carbocycles. The largest absolute Gasteiger partial charge is 0.334 e. The van der Waals surface area contributed by atoms with Crippen molar-refractivity contribution in [1.82, 2.24) is 0 Å². The lowest BCUT2D eigenvalue weighted by Crippen LogP contribution is -2.64. The third-order valence-electron chi connectivity index (χ3n) is 20.8. The summed E-state index contributed by atoms with van der Waals surface area (Å²) in [6.07, 6.45) is 6.97. The van der Waals surface area contributed by atoms with Gasteiger partial charge in [-0.3, -0.25) is 0 Å². The highest BCUT2D eigenvalue weighted by Gasteiger charge is 2.64. The molecule has 0 spiro atoms. The van der Waals surface area contributed by atoms with Gasteiger partial charge in [-0.1, -0.05) is 207 Å². The van der Waals surface area contributed by atoms with E-state index in [0.29, 0.717) is 0 Å². The van der Waals surface area contributed by atoms with E-state index in [-0.39, 0.29) is 50.3 Å². The van der Waals surface area contributed by atoms with Crippen molar-refractivity contribution in [1.29, 1.82) is 0 Å². The number of benzene rings is 7. The maximum absolute atomic E-state index is 2.95. The van der Waals surface area contributed by atoms with Crippen LogP contribution in [-0.2, 0) is 44.4 Å². The molecule has 4 aliphatic heterocycles. The van der Waals surface area contributed by atoms with Gasteiger partial charge in [-0.2, -0.15) is 0 Å². The number of nitrogens with zero attached hydrogens (tertiary/aromatic N) is 3. The molecule has 4 heterocycles. The first-order valence-electron chi connectivity index (χ1n) is 29.1. The first-order chi connectivity index (χ1) is 35.7. The van der Waals surface area contributed by atoms with Crippen molar-refractivity contribution in [3.05, 3.63) is 178 Å². The summed E-state index contributed by atoms with van der Waals surface area (Å²) in [5, 5.41) is 0. The monoisotopic (exact) mass is 1000 g/mol. The second-order valence-electron chi connectivity index (χ2n) is 29.3. The molecule has 3 nitrogen and oxygen atoms in total. The highest BCUT2D eigenvalue weighted by atomic mass is 15.3. The minimum Gasteiger partial charge on any atom is -0.334 e. The Bertz CT molecular complexity index is 3580. The van der Waals surface area contributed by atoms with Crippen LogP contribution in [0.25, 0.3) is 11.1 Å². The van der Waals surface area contributed by atoms with E-state index >= 15 is 0 Å². The Kier molecular flexibility index (Phi) is 10.3. The summed E-state index contributed by atoms with van der Waals surface area (Å²) >= 11 is 0. The van der Waals surface area contributed by atoms with E-state index in [0.717, 1.165) is 19.3 Å². The molecule has 6 aliphatic rings. The van der Waals surface area contributed by atoms with Crippen molar-refractivity contribution >= 4 is 62.9 Å². The summed E-state index contributed by atoms with van der Waals surface area (Å²) in [7, 11) is 0. The van der Waals surface area contributed by atoms with Crippen molar-refractivity contribution in [2.75, 3.05) is 14.7 Å². The zero-order chi connectivity index (χ0) is 53.7. The van der Waals surface area contributed by atoms with Gasteiger partial charge in [-0.05, 0) is 164 Å². The Morgan fingerprint density at radius 3 is 1.68 bits per heavy atom. The SMILES string of the molecule is CC(C)(C)c1ccc2c(c1)B1c3cc(C(C)(C)C)cc4c3N(c3cc(N5c6ccc(C(C)(C)C)cc6C6(C)CCCCC56C)cc(c31)N2c1ccc(C(C)(C)C)cc1-c1ccccc1)C1(C)c2ccccc2CCC41C. The Morgan fingerprint density at radius 2 is 1.00 bits per heavy atom. The van der Waals surface area contributed by atoms with Crippen LogP contribution in [-0.4, -0.2) is 12.3 Å². The van der Waals surface area contributed by atoms with Gasteiger partial charge in [0.1, 0.15) is 0 Å². The number of hydrogen-bond donors (Lipinski definition) is 0. The normalized spacial score (nSPS) is 24.1. The maximum Gasteiger partial charge on any atom is 0.252 e. The predicted octanol–water partition coefficient (Wildman–Crippen LogP) is 17.2. The van der Waals surface area contributed by atoms with E-state index < -0.39 is 0 Å². The fraction of sp³-hybridized carbons (Fsp3) is 0.417. The van der Waals surface area contributed by atoms with Gasteiger partial charge in [-0.15, -0.1) is 0 Å². The smallest absolute Gasteiger partial charge is 0.252 e. The summed E-state index contributed by atoms with van der Waals surface area (Å²) < 4.78 is 0. The fourth-order valence-corrected chi connectivity index (χ4v) is 15.8. The number of rotatable bonds is 3. The van der Waals surface area contributed by atoms with Crippen LogP contribution >= 0.6 is 0 Å². The lowest BCUT2D eigenvalue weighted by Gasteiger charge is -2.54. The number of aryl methyl sites for hydroxylation is 1. The van der Waals surface area contributed by atoms with E-state index in [1.165, 1.54) is 131 Å². The third kappa shape index (κ3) is 6.60. The van der Waals surface area contributed by atoms with E-state index in [1.807, 2.05) is 0 Å². The van der Waals surface area contributed by atoms with Gasteiger partial charge in [0.05, 0.1) is 16.8 Å². The van der Waals surface area contributed by atoms with Gasteiger partial charge >= 0.3 is 0 Å². The molecule has 76 heavy (non-hydrogen) atoms. The molecule has 0 N–H and O–H groups in total. The quantitative estimate of drug-likeness (QED) is 0.163. The molecule has 0 aromatic heterocycles. The minimum absolute atomic E-state index is 0.00672. The second kappa shape index (κ2) is 15.8. The van der Waals surface area contributed by atoms with Crippen molar-refractivity contribution in [2.45, 2.75) is 193 Å². The Labute approximate surface area is 457 Å². The Balaban J connectivity index is 1.21. The van der Waals surface area contributed by atoms with Crippen molar-refractivity contribution in [3.63, 3.8) is 0 Å². The average molecular weight is 1000 g/mol. The summed E-state index contributed by atoms with van der Waals surface area (Å²) in [4.78, 5) is 8.56. The Morgan fingerprint density at radius 1 is 0.434 bits per heavy atom. The predicted molar refractivity (Wildman–Crippen MR) is 327 cm³/mol. The maximum atomic E-state index is 2.95. The Hall–Kier alpha value is -6.00. The molecule has 0 radical (unpaired) electrons. The van der Waals surface area contributed by atoms with Gasteiger partial charge < -0.3 is 14.7 Å². The molecule has 4 unspecified atom stereocenters. The molecule has 0 amide bonds. The molecule has 2 aliphatic carbocycles. The van der Waals surface area contributed by atoms with Gasteiger partial charge in [0.15, 0.2) is 0 Å². The van der Waals surface area contributed by atoms with Crippen LogP contribution in [0.2, 0.25) is 0 Å². The van der Waals surface area contributed by atoms with Gasteiger partial charge in [0.25, 0.3) is 6.71 Å². The molecular formula is C72H82BN3. The minimum atomic E-state index is -0.373. The van der Waals surface area contributed by atoms with Crippen molar-refractivity contribution < 1.29 is 0 Å². The number of fused-ring (bicyclic) bond motifs is 12. The van der Waals surface area contributed by atoms with Gasteiger partial charge in [-0.25, -0.2) is 0 Å². The zero-order valence-corrected chi connectivity index (χ0v) is 48.9. The summed E-state index contributed by atoms with van der Waals surface area (Å²) in [5.74, 6) is 0. The molecule has 4 heteroatoms. The molecular weight excluding hydrogens is 918 g/mol. The molecule has 1 saturated carbocycles. The van der Waals surface area contributed by atoms with Crippen LogP contribution in [0.1, 0.15) is 187 Å². The van der Waals surface area contributed by atoms with Crippen LogP contribution < -0.4 is 31.1 Å². The molecule has 1 fully saturated rings. The van der Waals surface area contributed by atoms with Gasteiger partial charge in [0.2, 0.25) is 0 Å². The molecule has 0 saturated heterocycles. The summed E-state index contributed by atoms with van der Waals surface area (Å²) in [6.45, 7) is 39.2. The molecule has 4 atom stereocenters. The summed E-state index contributed by atoms with van der Waals surface area (Å²) in [6, 6.07) is 54.1. The first-order valence-corrected chi connectivity index (χ1v) is 29.1. The van der Waals surface area contributed by atoms with E-state index in [9.17, 15) is 0 Å². The van der Waals surface area contributed by atoms with Crippen LogP contribution in [0.5, 0.6) is 0 Å². The molecule has 13 rings (SSSR count). The van der Waals surface area contributed by atoms with Crippen LogP contribution in [0.3, 0.4) is 0 Å². The van der Waals surface area contributed by atoms with Gasteiger partial charge in [0, 0.05) is 50.5 Å². The molecule has 0 bridgehead atoms. The van der Waals surface area contributed by atoms with E-state index in [4.69, 9.17) is 0 Å². The average Bonchev–Trinajstić information content (AvgIpc) is 3.84. The number of anilines is 7. The lowest BCUT2D eigenvalue weighted by molar-refractivity contribution is 0.195. The molecule has 388 valence electrons. The van der Waals surface area contributed by atoms with Crippen molar-refractivity contribution in [3.8, 4) is 11.1 Å². The van der Waals surface area contributed by atoms with Crippen molar-refractivity contribution in [2.24, 2.45) is 0 Å². The third-order valence-corrected chi connectivity index (χ3v) is 20.8. The van der Waals surface area contributed by atoms with Crippen LogP contribution in [0.15, 0.2) is 133 Å². The number of hydrogen-bond acceptors (Lipinski definition) is 3. The topological polar surface area (TPSA) is 9.72 Å². The second-order valence-corrected chi connectivity index (χ2v) is 29.3. The highest BCUT2D eigenvalue weighted by molar-refractivity contribution is 7.00. The lowest BCUT2D eigenvalue weighted by atomic mass is 9.33.